The molecule has 132 valence electrons. The summed E-state index contributed by atoms with van der Waals surface area (Å²) in [6.07, 6.45) is 7.77. The first-order valence-corrected chi connectivity index (χ1v) is 8.42. The second kappa shape index (κ2) is 7.25. The lowest BCUT2D eigenvalue weighted by molar-refractivity contribution is 0.0782. The minimum absolute atomic E-state index is 0.777. The van der Waals surface area contributed by atoms with E-state index in [9.17, 15) is 5.11 Å². The van der Waals surface area contributed by atoms with E-state index in [1.807, 2.05) is 24.4 Å². The molecule has 25 heavy (non-hydrogen) atoms. The highest BCUT2D eigenvalue weighted by Crippen LogP contribution is 2.25. The van der Waals surface area contributed by atoms with Crippen molar-refractivity contribution in [3.05, 3.63) is 66.1 Å². The maximum atomic E-state index is 10.2. The quantitative estimate of drug-likeness (QED) is 0.907. The van der Waals surface area contributed by atoms with Gasteiger partial charge in [-0.05, 0) is 37.6 Å². The molecule has 1 N–H and O–H groups in total. The summed E-state index contributed by atoms with van der Waals surface area (Å²) in [4.78, 5) is 8.78. The van der Waals surface area contributed by atoms with Gasteiger partial charge in [-0.2, -0.15) is 0 Å². The predicted molar refractivity (Wildman–Crippen MR) is 99.4 cm³/mol. The molecule has 5 nitrogen and oxygen atoms in total. The summed E-state index contributed by atoms with van der Waals surface area (Å²) < 4.78 is 5.21. The van der Waals surface area contributed by atoms with E-state index in [4.69, 9.17) is 4.74 Å². The monoisotopic (exact) mass is 339 g/mol. The third-order valence-electron chi connectivity index (χ3n) is 4.33. The molecule has 0 saturated carbocycles. The molecule has 1 aliphatic rings. The highest BCUT2D eigenvalue weighted by Gasteiger charge is 2.19. The zero-order valence-electron chi connectivity index (χ0n) is 15.0. The highest BCUT2D eigenvalue weighted by molar-refractivity contribution is 5.50. The Bertz CT molecular complexity index is 735. The fraction of sp³-hybridized carbons (Fsp3) is 0.350. The third-order valence-corrected chi connectivity index (χ3v) is 4.33. The van der Waals surface area contributed by atoms with E-state index in [-0.39, 0.29) is 0 Å². The van der Waals surface area contributed by atoms with Crippen LogP contribution < -0.4 is 9.64 Å². The molecule has 0 fully saturated rings. The Balaban J connectivity index is 1.70. The van der Waals surface area contributed by atoms with Gasteiger partial charge < -0.3 is 14.7 Å². The molecule has 0 bridgehead atoms. The molecular formula is C20H25N3O2. The van der Waals surface area contributed by atoms with Crippen LogP contribution in [0.4, 0.5) is 5.69 Å². The van der Waals surface area contributed by atoms with Gasteiger partial charge in [0.25, 0.3) is 0 Å². The van der Waals surface area contributed by atoms with Crippen LogP contribution >= 0.6 is 0 Å². The summed E-state index contributed by atoms with van der Waals surface area (Å²) in [6, 6.07) is 10.2. The molecule has 0 aliphatic carbocycles. The summed E-state index contributed by atoms with van der Waals surface area (Å²) in [5.41, 5.74) is 2.14. The number of rotatable bonds is 5. The molecule has 0 amide bonds. The number of hydrogen-bond acceptors (Lipinski definition) is 5. The van der Waals surface area contributed by atoms with Crippen LogP contribution in [0.2, 0.25) is 0 Å². The summed E-state index contributed by atoms with van der Waals surface area (Å²) >= 11 is 0. The predicted octanol–water partition coefficient (Wildman–Crippen LogP) is 3.11. The van der Waals surface area contributed by atoms with Crippen LogP contribution in [0.1, 0.15) is 25.0 Å². The Morgan fingerprint density at radius 3 is 2.64 bits per heavy atom. The van der Waals surface area contributed by atoms with Crippen molar-refractivity contribution >= 4 is 5.69 Å². The number of aromatic nitrogens is 1. The average Bonchev–Trinajstić information content (AvgIpc) is 2.62. The first-order valence-electron chi connectivity index (χ1n) is 8.42. The Morgan fingerprint density at radius 2 is 1.96 bits per heavy atom. The number of hydrogen-bond donors (Lipinski definition) is 1. The van der Waals surface area contributed by atoms with Crippen molar-refractivity contribution in [1.82, 2.24) is 9.88 Å². The van der Waals surface area contributed by atoms with Gasteiger partial charge in [-0.3, -0.25) is 9.88 Å². The van der Waals surface area contributed by atoms with Crippen molar-refractivity contribution in [1.29, 1.82) is 0 Å². The van der Waals surface area contributed by atoms with Crippen LogP contribution in [-0.2, 0) is 12.1 Å². The number of pyridine rings is 1. The van der Waals surface area contributed by atoms with E-state index >= 15 is 0 Å². The van der Waals surface area contributed by atoms with Crippen molar-refractivity contribution in [2.24, 2.45) is 0 Å². The molecule has 0 unspecified atom stereocenters. The van der Waals surface area contributed by atoms with Crippen LogP contribution in [0.15, 0.2) is 55.0 Å². The molecule has 0 radical (unpaired) electrons. The minimum Gasteiger partial charge on any atom is -0.497 e. The molecule has 0 atom stereocenters. The molecule has 1 aliphatic heterocycles. The van der Waals surface area contributed by atoms with Gasteiger partial charge >= 0.3 is 0 Å². The van der Waals surface area contributed by atoms with Gasteiger partial charge in [-0.1, -0.05) is 18.2 Å². The average molecular weight is 339 g/mol. The molecular weight excluding hydrogens is 314 g/mol. The van der Waals surface area contributed by atoms with Crippen LogP contribution in [0, 0.1) is 0 Å². The summed E-state index contributed by atoms with van der Waals surface area (Å²) in [6.45, 7) is 6.09. The molecule has 1 aromatic heterocycles. The van der Waals surface area contributed by atoms with Crippen LogP contribution in [0.5, 0.6) is 5.75 Å². The molecule has 3 rings (SSSR count). The van der Waals surface area contributed by atoms with E-state index in [1.165, 1.54) is 5.56 Å². The van der Waals surface area contributed by atoms with Gasteiger partial charge in [-0.15, -0.1) is 0 Å². The highest BCUT2D eigenvalue weighted by atomic mass is 16.5. The Morgan fingerprint density at radius 1 is 1.20 bits per heavy atom. The Kier molecular flexibility index (Phi) is 5.06. The first-order chi connectivity index (χ1) is 12.0. The minimum atomic E-state index is -0.898. The number of aliphatic hydroxyl groups is 1. The molecule has 5 heteroatoms. The van der Waals surface area contributed by atoms with Crippen molar-refractivity contribution in [2.45, 2.75) is 26.0 Å². The van der Waals surface area contributed by atoms with E-state index in [2.05, 4.69) is 39.2 Å². The standard InChI is InChI=1S/C20H25N3O2/c1-20(2,24)17-11-18(13-21-12-17)23-10-4-9-22(15-23)14-16-5-7-19(25-3)8-6-16/h4-8,10-13,24H,9,14-15H2,1-3H3. The van der Waals surface area contributed by atoms with E-state index in [0.717, 1.165) is 36.8 Å². The van der Waals surface area contributed by atoms with E-state index in [1.54, 1.807) is 27.2 Å². The second-order valence-electron chi connectivity index (χ2n) is 6.85. The zero-order chi connectivity index (χ0) is 17.9. The number of ether oxygens (including phenoxy) is 1. The summed E-state index contributed by atoms with van der Waals surface area (Å²) in [5.74, 6) is 0.874. The Labute approximate surface area is 149 Å². The molecule has 1 aromatic carbocycles. The van der Waals surface area contributed by atoms with E-state index < -0.39 is 5.60 Å². The number of methoxy groups -OCH3 is 1. The zero-order valence-corrected chi connectivity index (χ0v) is 15.0. The van der Waals surface area contributed by atoms with Crippen molar-refractivity contribution < 1.29 is 9.84 Å². The molecule has 0 saturated heterocycles. The SMILES string of the molecule is COc1ccc(CN2CC=CN(c3cncc(C(C)(C)O)c3)C2)cc1. The fourth-order valence-electron chi connectivity index (χ4n) is 2.83. The van der Waals surface area contributed by atoms with E-state index in [0.29, 0.717) is 0 Å². The van der Waals surface area contributed by atoms with Gasteiger partial charge in [0, 0.05) is 31.0 Å². The molecule has 2 heterocycles. The second-order valence-corrected chi connectivity index (χ2v) is 6.85. The van der Waals surface area contributed by atoms with Crippen LogP contribution in [0.3, 0.4) is 0 Å². The molecule has 2 aromatic rings. The van der Waals surface area contributed by atoms with Crippen LogP contribution in [-0.4, -0.2) is 35.3 Å². The topological polar surface area (TPSA) is 48.8 Å². The Hall–Kier alpha value is -2.37. The number of nitrogens with zero attached hydrogens (tertiary/aromatic N) is 3. The largest absolute Gasteiger partial charge is 0.497 e. The maximum absolute atomic E-state index is 10.2. The third kappa shape index (κ3) is 4.38. The first kappa shape index (κ1) is 17.5. The van der Waals surface area contributed by atoms with Crippen molar-refractivity contribution in [3.63, 3.8) is 0 Å². The smallest absolute Gasteiger partial charge is 0.118 e. The van der Waals surface area contributed by atoms with Crippen molar-refractivity contribution in [2.75, 3.05) is 25.2 Å². The van der Waals surface area contributed by atoms with Crippen LogP contribution in [0.25, 0.3) is 0 Å². The lowest BCUT2D eigenvalue weighted by Gasteiger charge is -2.33. The normalized spacial score (nSPS) is 15.4. The number of benzene rings is 1. The molecule has 0 spiro atoms. The lowest BCUT2D eigenvalue weighted by Crippen LogP contribution is -2.38. The summed E-state index contributed by atoms with van der Waals surface area (Å²) in [5, 5.41) is 10.2. The summed E-state index contributed by atoms with van der Waals surface area (Å²) in [7, 11) is 1.68. The van der Waals surface area contributed by atoms with Gasteiger partial charge in [0.15, 0.2) is 0 Å². The van der Waals surface area contributed by atoms with Gasteiger partial charge in [-0.25, -0.2) is 0 Å². The van der Waals surface area contributed by atoms with Gasteiger partial charge in [0.05, 0.1) is 31.3 Å². The lowest BCUT2D eigenvalue weighted by atomic mass is 10.0. The van der Waals surface area contributed by atoms with Crippen molar-refractivity contribution in [3.8, 4) is 5.75 Å². The van der Waals surface area contributed by atoms with Gasteiger partial charge in [0.1, 0.15) is 5.75 Å². The maximum Gasteiger partial charge on any atom is 0.118 e. The number of anilines is 1. The fourth-order valence-corrected chi connectivity index (χ4v) is 2.83. The van der Waals surface area contributed by atoms with Gasteiger partial charge in [0.2, 0.25) is 0 Å².